The van der Waals surface area contributed by atoms with E-state index in [0.717, 1.165) is 22.7 Å². The summed E-state index contributed by atoms with van der Waals surface area (Å²) in [5.41, 5.74) is 2.11. The highest BCUT2D eigenvalue weighted by Crippen LogP contribution is 2.26. The van der Waals surface area contributed by atoms with E-state index >= 15 is 0 Å². The summed E-state index contributed by atoms with van der Waals surface area (Å²) >= 11 is 0. The maximum Gasteiger partial charge on any atom is 0.131 e. The Bertz CT molecular complexity index is 752. The molecular formula is C15H13F2N3. The molecule has 1 unspecified atom stereocenters. The molecule has 1 aromatic heterocycles. The van der Waals surface area contributed by atoms with Crippen molar-refractivity contribution < 1.29 is 8.78 Å². The van der Waals surface area contributed by atoms with Gasteiger partial charge in [-0.3, -0.25) is 5.10 Å². The molecule has 0 aliphatic rings. The number of aromatic amines is 1. The van der Waals surface area contributed by atoms with Gasteiger partial charge in [0.1, 0.15) is 11.6 Å². The Morgan fingerprint density at radius 3 is 2.85 bits per heavy atom. The Labute approximate surface area is 114 Å². The first-order valence-corrected chi connectivity index (χ1v) is 6.29. The minimum absolute atomic E-state index is 0.288. The van der Waals surface area contributed by atoms with E-state index in [4.69, 9.17) is 0 Å². The maximum atomic E-state index is 13.8. The summed E-state index contributed by atoms with van der Waals surface area (Å²) < 4.78 is 26.7. The first-order chi connectivity index (χ1) is 9.65. The molecule has 3 rings (SSSR count). The van der Waals surface area contributed by atoms with Crippen molar-refractivity contribution in [2.75, 3.05) is 5.32 Å². The number of benzene rings is 2. The molecule has 0 radical (unpaired) electrons. The van der Waals surface area contributed by atoms with Crippen molar-refractivity contribution in [3.63, 3.8) is 0 Å². The second-order valence-electron chi connectivity index (χ2n) is 4.67. The molecule has 0 bridgehead atoms. The quantitative estimate of drug-likeness (QED) is 0.756. The van der Waals surface area contributed by atoms with Gasteiger partial charge in [-0.2, -0.15) is 5.10 Å². The molecule has 3 aromatic rings. The van der Waals surface area contributed by atoms with E-state index in [1.165, 1.54) is 12.1 Å². The molecule has 0 aliphatic heterocycles. The molecule has 0 fully saturated rings. The molecule has 0 amide bonds. The summed E-state index contributed by atoms with van der Waals surface area (Å²) in [7, 11) is 0. The number of rotatable bonds is 3. The van der Waals surface area contributed by atoms with Gasteiger partial charge in [0.25, 0.3) is 0 Å². The lowest BCUT2D eigenvalue weighted by atomic mass is 10.1. The van der Waals surface area contributed by atoms with Gasteiger partial charge in [-0.05, 0) is 19.1 Å². The first kappa shape index (κ1) is 12.6. The van der Waals surface area contributed by atoms with Gasteiger partial charge in [0, 0.05) is 17.0 Å². The average Bonchev–Trinajstić information content (AvgIpc) is 2.87. The molecule has 3 nitrogen and oxygen atoms in total. The van der Waals surface area contributed by atoms with E-state index in [9.17, 15) is 8.78 Å². The fourth-order valence-corrected chi connectivity index (χ4v) is 2.25. The predicted octanol–water partition coefficient (Wildman–Crippen LogP) is 4.01. The van der Waals surface area contributed by atoms with E-state index in [1.54, 1.807) is 6.20 Å². The number of nitrogens with one attached hydrogen (secondary N) is 2. The van der Waals surface area contributed by atoms with Crippen LogP contribution in [-0.4, -0.2) is 10.2 Å². The monoisotopic (exact) mass is 273 g/mol. The number of nitrogens with zero attached hydrogens (tertiary/aromatic N) is 1. The number of anilines is 1. The van der Waals surface area contributed by atoms with Gasteiger partial charge in [0.05, 0.1) is 23.4 Å². The molecule has 20 heavy (non-hydrogen) atoms. The van der Waals surface area contributed by atoms with Crippen LogP contribution in [0.2, 0.25) is 0 Å². The third kappa shape index (κ3) is 2.22. The third-order valence-corrected chi connectivity index (χ3v) is 3.28. The second-order valence-corrected chi connectivity index (χ2v) is 4.67. The Hall–Kier alpha value is -2.43. The SMILES string of the molecule is CC(Nc1cccc2cn[nH]c12)c1ccc(F)cc1F. The first-order valence-electron chi connectivity index (χ1n) is 6.29. The van der Waals surface area contributed by atoms with Crippen LogP contribution in [0.1, 0.15) is 18.5 Å². The van der Waals surface area contributed by atoms with Gasteiger partial charge >= 0.3 is 0 Å². The van der Waals surface area contributed by atoms with Crippen molar-refractivity contribution in [3.8, 4) is 0 Å². The lowest BCUT2D eigenvalue weighted by molar-refractivity contribution is 0.566. The van der Waals surface area contributed by atoms with Gasteiger partial charge in [0.2, 0.25) is 0 Å². The second kappa shape index (κ2) is 4.92. The largest absolute Gasteiger partial charge is 0.377 e. The number of hydrogen-bond acceptors (Lipinski definition) is 2. The molecule has 2 aromatic carbocycles. The lowest BCUT2D eigenvalue weighted by Gasteiger charge is -2.17. The number of para-hydroxylation sites is 1. The van der Waals surface area contributed by atoms with Gasteiger partial charge in [-0.15, -0.1) is 0 Å². The summed E-state index contributed by atoms with van der Waals surface area (Å²) in [6, 6.07) is 9.04. The highest BCUT2D eigenvalue weighted by Gasteiger charge is 2.13. The number of aromatic nitrogens is 2. The maximum absolute atomic E-state index is 13.8. The fraction of sp³-hybridized carbons (Fsp3) is 0.133. The predicted molar refractivity (Wildman–Crippen MR) is 74.5 cm³/mol. The zero-order chi connectivity index (χ0) is 14.1. The van der Waals surface area contributed by atoms with Crippen molar-refractivity contribution in [1.82, 2.24) is 10.2 Å². The van der Waals surface area contributed by atoms with Crippen LogP contribution in [0.5, 0.6) is 0 Å². The van der Waals surface area contributed by atoms with Crippen molar-refractivity contribution >= 4 is 16.6 Å². The Balaban J connectivity index is 1.92. The van der Waals surface area contributed by atoms with E-state index < -0.39 is 11.6 Å². The topological polar surface area (TPSA) is 40.7 Å². The van der Waals surface area contributed by atoms with Crippen LogP contribution < -0.4 is 5.32 Å². The van der Waals surface area contributed by atoms with Crippen molar-refractivity contribution in [2.45, 2.75) is 13.0 Å². The normalized spacial score (nSPS) is 12.6. The minimum atomic E-state index is -0.575. The molecular weight excluding hydrogens is 260 g/mol. The molecule has 1 heterocycles. The highest BCUT2D eigenvalue weighted by molar-refractivity contribution is 5.90. The van der Waals surface area contributed by atoms with E-state index in [1.807, 2.05) is 25.1 Å². The number of halogens is 2. The molecule has 1 atom stereocenters. The molecule has 0 aliphatic carbocycles. The van der Waals surface area contributed by atoms with Crippen LogP contribution in [0.4, 0.5) is 14.5 Å². The third-order valence-electron chi connectivity index (χ3n) is 3.28. The zero-order valence-electron chi connectivity index (χ0n) is 10.8. The van der Waals surface area contributed by atoms with Crippen molar-refractivity contribution in [3.05, 3.63) is 59.8 Å². The standard InChI is InChI=1S/C15H13F2N3/c1-9(12-6-5-11(16)7-13(12)17)19-14-4-2-3-10-8-18-20-15(10)14/h2-9,19H,1H3,(H,18,20). The van der Waals surface area contributed by atoms with Gasteiger partial charge < -0.3 is 5.32 Å². The zero-order valence-corrected chi connectivity index (χ0v) is 10.8. The molecule has 2 N–H and O–H groups in total. The minimum Gasteiger partial charge on any atom is -0.377 e. The summed E-state index contributed by atoms with van der Waals surface area (Å²) in [5.74, 6) is -1.13. The number of H-pyrrole nitrogens is 1. The Morgan fingerprint density at radius 1 is 1.20 bits per heavy atom. The van der Waals surface area contributed by atoms with E-state index in [0.29, 0.717) is 5.56 Å². The highest BCUT2D eigenvalue weighted by atomic mass is 19.1. The van der Waals surface area contributed by atoms with Crippen LogP contribution in [0, 0.1) is 11.6 Å². The van der Waals surface area contributed by atoms with Crippen LogP contribution in [0.3, 0.4) is 0 Å². The van der Waals surface area contributed by atoms with Crippen LogP contribution >= 0.6 is 0 Å². The van der Waals surface area contributed by atoms with Crippen LogP contribution in [0.25, 0.3) is 10.9 Å². The van der Waals surface area contributed by atoms with Gasteiger partial charge in [-0.25, -0.2) is 8.78 Å². The molecule has 0 spiro atoms. The summed E-state index contributed by atoms with van der Waals surface area (Å²) in [6.45, 7) is 1.82. The van der Waals surface area contributed by atoms with Gasteiger partial charge in [0.15, 0.2) is 0 Å². The summed E-state index contributed by atoms with van der Waals surface area (Å²) in [5, 5.41) is 11.1. The summed E-state index contributed by atoms with van der Waals surface area (Å²) in [4.78, 5) is 0. The molecule has 5 heteroatoms. The van der Waals surface area contributed by atoms with Crippen LogP contribution in [0.15, 0.2) is 42.6 Å². The van der Waals surface area contributed by atoms with Crippen molar-refractivity contribution in [2.24, 2.45) is 0 Å². The van der Waals surface area contributed by atoms with Crippen LogP contribution in [-0.2, 0) is 0 Å². The van der Waals surface area contributed by atoms with E-state index in [-0.39, 0.29) is 6.04 Å². The smallest absolute Gasteiger partial charge is 0.131 e. The van der Waals surface area contributed by atoms with Gasteiger partial charge in [-0.1, -0.05) is 18.2 Å². The number of hydrogen-bond donors (Lipinski definition) is 2. The molecule has 0 saturated heterocycles. The summed E-state index contributed by atoms with van der Waals surface area (Å²) in [6.07, 6.45) is 1.73. The van der Waals surface area contributed by atoms with Crippen molar-refractivity contribution in [1.29, 1.82) is 0 Å². The fourth-order valence-electron chi connectivity index (χ4n) is 2.25. The molecule has 0 saturated carbocycles. The Kier molecular flexibility index (Phi) is 3.10. The average molecular weight is 273 g/mol. The van der Waals surface area contributed by atoms with E-state index in [2.05, 4.69) is 15.5 Å². The lowest BCUT2D eigenvalue weighted by Crippen LogP contribution is -2.09. The molecule has 102 valence electrons. The number of fused-ring (bicyclic) bond motifs is 1. The Morgan fingerprint density at radius 2 is 2.05 bits per heavy atom.